The van der Waals surface area contributed by atoms with Gasteiger partial charge in [-0.1, -0.05) is 6.07 Å². The molecule has 33 heavy (non-hydrogen) atoms. The standard InChI is InChI=1S/C23H29N5O4.ClH/c29-19-5-4-18(21(31)26-19)28-12-16-15(22(28)32)2-1-3-17(16)25-20(30)13-27-10-7-23(8-11-27)6-9-24-14-23;/h1-3,18,24H,4-14H2,(H,25,30)(H,26,29,31);1H. The smallest absolute Gasteiger partial charge is 0.255 e. The summed E-state index contributed by atoms with van der Waals surface area (Å²) in [4.78, 5) is 53.1. The van der Waals surface area contributed by atoms with E-state index in [2.05, 4.69) is 20.9 Å². The van der Waals surface area contributed by atoms with Crippen LogP contribution in [0.4, 0.5) is 5.69 Å². The summed E-state index contributed by atoms with van der Waals surface area (Å²) in [6.45, 7) is 4.59. The van der Waals surface area contributed by atoms with Gasteiger partial charge >= 0.3 is 0 Å². The molecule has 0 aromatic heterocycles. The van der Waals surface area contributed by atoms with E-state index < -0.39 is 11.9 Å². The first-order valence-corrected chi connectivity index (χ1v) is 11.4. The van der Waals surface area contributed by atoms with Crippen LogP contribution in [0.1, 0.15) is 48.0 Å². The molecule has 1 spiro atoms. The van der Waals surface area contributed by atoms with E-state index in [1.54, 1.807) is 18.2 Å². The molecule has 4 aliphatic rings. The molecule has 0 radical (unpaired) electrons. The highest BCUT2D eigenvalue weighted by molar-refractivity contribution is 6.06. The quantitative estimate of drug-likeness (QED) is 0.558. The molecular weight excluding hydrogens is 446 g/mol. The van der Waals surface area contributed by atoms with E-state index in [0.29, 0.717) is 29.6 Å². The van der Waals surface area contributed by atoms with Crippen LogP contribution in [0, 0.1) is 5.41 Å². The molecule has 4 aliphatic heterocycles. The largest absolute Gasteiger partial charge is 0.325 e. The monoisotopic (exact) mass is 475 g/mol. The third kappa shape index (κ3) is 4.62. The average molecular weight is 476 g/mol. The lowest BCUT2D eigenvalue weighted by Gasteiger charge is -2.38. The fourth-order valence-corrected chi connectivity index (χ4v) is 5.50. The van der Waals surface area contributed by atoms with Crippen molar-refractivity contribution in [2.24, 2.45) is 5.41 Å². The van der Waals surface area contributed by atoms with Gasteiger partial charge in [-0.2, -0.15) is 0 Å². The first-order chi connectivity index (χ1) is 15.4. The summed E-state index contributed by atoms with van der Waals surface area (Å²) in [6.07, 6.45) is 3.99. The number of carbonyl (C=O) groups is 4. The lowest BCUT2D eigenvalue weighted by molar-refractivity contribution is -0.137. The number of piperidine rings is 2. The number of rotatable bonds is 4. The number of anilines is 1. The number of hydrogen-bond donors (Lipinski definition) is 3. The number of imide groups is 1. The summed E-state index contributed by atoms with van der Waals surface area (Å²) in [5.41, 5.74) is 2.25. The van der Waals surface area contributed by atoms with E-state index >= 15 is 0 Å². The highest BCUT2D eigenvalue weighted by atomic mass is 35.5. The van der Waals surface area contributed by atoms with Crippen LogP contribution in [0.2, 0.25) is 0 Å². The Labute approximate surface area is 199 Å². The first-order valence-electron chi connectivity index (χ1n) is 11.4. The van der Waals surface area contributed by atoms with Crippen LogP contribution in [0.3, 0.4) is 0 Å². The Morgan fingerprint density at radius 2 is 1.94 bits per heavy atom. The number of likely N-dealkylation sites (tertiary alicyclic amines) is 1. The average Bonchev–Trinajstić information content (AvgIpc) is 3.36. The van der Waals surface area contributed by atoms with E-state index in [1.807, 2.05) is 0 Å². The highest BCUT2D eigenvalue weighted by Crippen LogP contribution is 2.37. The number of halogens is 1. The van der Waals surface area contributed by atoms with Gasteiger partial charge in [-0.3, -0.25) is 29.4 Å². The van der Waals surface area contributed by atoms with Gasteiger partial charge < -0.3 is 15.5 Å². The first kappa shape index (κ1) is 23.7. The maximum Gasteiger partial charge on any atom is 0.255 e. The number of benzene rings is 1. The molecule has 0 saturated carbocycles. The fourth-order valence-electron chi connectivity index (χ4n) is 5.50. The van der Waals surface area contributed by atoms with Crippen molar-refractivity contribution >= 4 is 41.7 Å². The molecule has 3 fully saturated rings. The van der Waals surface area contributed by atoms with E-state index in [-0.39, 0.29) is 43.1 Å². The summed E-state index contributed by atoms with van der Waals surface area (Å²) in [7, 11) is 0. The summed E-state index contributed by atoms with van der Waals surface area (Å²) in [6, 6.07) is 4.60. The van der Waals surface area contributed by atoms with Gasteiger partial charge in [0.25, 0.3) is 5.91 Å². The zero-order valence-corrected chi connectivity index (χ0v) is 19.3. The Balaban J connectivity index is 0.00000259. The molecule has 0 aliphatic carbocycles. The number of fused-ring (bicyclic) bond motifs is 1. The topological polar surface area (TPSA) is 111 Å². The molecule has 4 heterocycles. The maximum absolute atomic E-state index is 12.9. The number of nitrogens with one attached hydrogen (secondary N) is 3. The van der Waals surface area contributed by atoms with Crippen molar-refractivity contribution in [3.05, 3.63) is 29.3 Å². The molecule has 1 aromatic rings. The van der Waals surface area contributed by atoms with Crippen LogP contribution in [-0.4, -0.2) is 72.2 Å². The van der Waals surface area contributed by atoms with Crippen LogP contribution in [0.5, 0.6) is 0 Å². The predicted octanol–water partition coefficient (Wildman–Crippen LogP) is 0.883. The molecule has 4 amide bonds. The van der Waals surface area contributed by atoms with Crippen LogP contribution in [0.15, 0.2) is 18.2 Å². The Bertz CT molecular complexity index is 968. The molecule has 1 aromatic carbocycles. The van der Waals surface area contributed by atoms with Crippen LogP contribution >= 0.6 is 12.4 Å². The van der Waals surface area contributed by atoms with E-state index in [9.17, 15) is 19.2 Å². The van der Waals surface area contributed by atoms with Gasteiger partial charge in [0.05, 0.1) is 6.54 Å². The molecule has 1 unspecified atom stereocenters. The second-order valence-electron chi connectivity index (χ2n) is 9.48. The second kappa shape index (κ2) is 9.40. The summed E-state index contributed by atoms with van der Waals surface area (Å²) in [5, 5.41) is 8.76. The van der Waals surface area contributed by atoms with E-state index in [0.717, 1.165) is 44.6 Å². The number of carbonyl (C=O) groups excluding carboxylic acids is 4. The molecule has 178 valence electrons. The summed E-state index contributed by atoms with van der Waals surface area (Å²) in [5.74, 6) is -1.08. The third-order valence-electron chi connectivity index (χ3n) is 7.47. The minimum Gasteiger partial charge on any atom is -0.325 e. The minimum atomic E-state index is -0.665. The lowest BCUT2D eigenvalue weighted by atomic mass is 9.78. The fraction of sp³-hybridized carbons (Fsp3) is 0.565. The van der Waals surface area contributed by atoms with Crippen molar-refractivity contribution in [1.82, 2.24) is 20.4 Å². The number of hydrogen-bond acceptors (Lipinski definition) is 6. The summed E-state index contributed by atoms with van der Waals surface area (Å²) < 4.78 is 0. The molecule has 3 saturated heterocycles. The van der Waals surface area contributed by atoms with Gasteiger partial charge in [0.1, 0.15) is 6.04 Å². The number of nitrogens with zero attached hydrogens (tertiary/aromatic N) is 2. The molecule has 9 nitrogen and oxygen atoms in total. The van der Waals surface area contributed by atoms with Gasteiger partial charge in [-0.15, -0.1) is 12.4 Å². The van der Waals surface area contributed by atoms with Crippen molar-refractivity contribution in [2.45, 2.75) is 44.7 Å². The van der Waals surface area contributed by atoms with Crippen molar-refractivity contribution in [2.75, 3.05) is 38.0 Å². The van der Waals surface area contributed by atoms with Crippen LogP contribution < -0.4 is 16.0 Å². The van der Waals surface area contributed by atoms with Crippen molar-refractivity contribution in [1.29, 1.82) is 0 Å². The predicted molar refractivity (Wildman–Crippen MR) is 124 cm³/mol. The van der Waals surface area contributed by atoms with Gasteiger partial charge in [0.2, 0.25) is 17.7 Å². The minimum absolute atomic E-state index is 0. The van der Waals surface area contributed by atoms with E-state index in [4.69, 9.17) is 0 Å². The van der Waals surface area contributed by atoms with Gasteiger partial charge in [-0.05, 0) is 62.9 Å². The van der Waals surface area contributed by atoms with Gasteiger partial charge in [0.15, 0.2) is 0 Å². The zero-order valence-electron chi connectivity index (χ0n) is 18.5. The maximum atomic E-state index is 12.9. The Morgan fingerprint density at radius 3 is 2.64 bits per heavy atom. The van der Waals surface area contributed by atoms with Gasteiger partial charge in [-0.25, -0.2) is 0 Å². The Morgan fingerprint density at radius 1 is 1.15 bits per heavy atom. The Kier molecular flexibility index (Phi) is 6.74. The van der Waals surface area contributed by atoms with E-state index in [1.165, 1.54) is 11.3 Å². The normalized spacial score (nSPS) is 24.4. The molecule has 3 N–H and O–H groups in total. The van der Waals surface area contributed by atoms with Crippen molar-refractivity contribution in [3.63, 3.8) is 0 Å². The van der Waals surface area contributed by atoms with Crippen molar-refractivity contribution in [3.8, 4) is 0 Å². The third-order valence-corrected chi connectivity index (χ3v) is 7.47. The molecule has 10 heteroatoms. The molecular formula is C23H30ClN5O4. The van der Waals surface area contributed by atoms with Crippen LogP contribution in [0.25, 0.3) is 0 Å². The molecule has 5 rings (SSSR count). The lowest BCUT2D eigenvalue weighted by Crippen LogP contribution is -2.52. The zero-order chi connectivity index (χ0) is 22.3. The SMILES string of the molecule is Cl.O=C1CCC(N2Cc3c(NC(=O)CN4CCC5(CCNC5)CC4)cccc3C2=O)C(=O)N1. The Hall–Kier alpha value is -2.49. The highest BCUT2D eigenvalue weighted by Gasteiger charge is 2.40. The van der Waals surface area contributed by atoms with Crippen molar-refractivity contribution < 1.29 is 19.2 Å². The molecule has 0 bridgehead atoms. The summed E-state index contributed by atoms with van der Waals surface area (Å²) >= 11 is 0. The van der Waals surface area contributed by atoms with Gasteiger partial charge in [0, 0.05) is 36.3 Å². The second-order valence-corrected chi connectivity index (χ2v) is 9.48. The van der Waals surface area contributed by atoms with Crippen LogP contribution in [-0.2, 0) is 20.9 Å². The molecule has 1 atom stereocenters. The number of amides is 4.